The fraction of sp³-hybridized carbons (Fsp3) is 0.222. The van der Waals surface area contributed by atoms with Crippen LogP contribution >= 0.6 is 0 Å². The maximum atomic E-state index is 13.2. The van der Waals surface area contributed by atoms with Crippen LogP contribution in [0.25, 0.3) is 0 Å². The maximum Gasteiger partial charge on any atom is 0.319 e. The number of nitrogens with one attached hydrogen (secondary N) is 2. The average Bonchev–Trinajstić information content (AvgIpc) is 2.58. The molecule has 6 heteroatoms. The first-order valence-electron chi connectivity index (χ1n) is 7.70. The lowest BCUT2D eigenvalue weighted by atomic mass is 10.2. The molecule has 2 aromatic rings. The van der Waals surface area contributed by atoms with Crippen LogP contribution in [-0.4, -0.2) is 29.9 Å². The molecule has 3 amide bonds. The zero-order chi connectivity index (χ0) is 17.4. The molecule has 2 N–H and O–H groups in total. The molecular formula is C18H20FN3O2. The Morgan fingerprint density at radius 1 is 1.08 bits per heavy atom. The largest absolute Gasteiger partial charge is 0.337 e. The van der Waals surface area contributed by atoms with Crippen LogP contribution in [0.3, 0.4) is 0 Å². The third kappa shape index (κ3) is 5.39. The van der Waals surface area contributed by atoms with Crippen LogP contribution in [0.1, 0.15) is 12.5 Å². The van der Waals surface area contributed by atoms with Gasteiger partial charge in [0, 0.05) is 18.8 Å². The first-order chi connectivity index (χ1) is 11.6. The number of urea groups is 1. The Morgan fingerprint density at radius 3 is 2.50 bits per heavy atom. The molecule has 0 fully saturated rings. The normalized spacial score (nSPS) is 10.1. The Bertz CT molecular complexity index is 692. The summed E-state index contributed by atoms with van der Waals surface area (Å²) in [6.45, 7) is 2.48. The molecule has 0 radical (unpaired) electrons. The molecule has 0 aliphatic rings. The molecule has 0 atom stereocenters. The van der Waals surface area contributed by atoms with Crippen molar-refractivity contribution >= 4 is 17.6 Å². The number of likely N-dealkylation sites (N-methyl/N-ethyl adjacent to an activating group) is 1. The van der Waals surface area contributed by atoms with Crippen LogP contribution in [0.2, 0.25) is 0 Å². The summed E-state index contributed by atoms with van der Waals surface area (Å²) in [5.74, 6) is -0.568. The van der Waals surface area contributed by atoms with E-state index in [-0.39, 0.29) is 18.3 Å². The average molecular weight is 329 g/mol. The van der Waals surface area contributed by atoms with Crippen molar-refractivity contribution in [3.05, 3.63) is 66.0 Å². The minimum atomic E-state index is -0.448. The Hall–Kier alpha value is -2.89. The number of para-hydroxylation sites is 1. The molecule has 0 spiro atoms. The summed E-state index contributed by atoms with van der Waals surface area (Å²) in [5.41, 5.74) is 1.36. The van der Waals surface area contributed by atoms with Gasteiger partial charge in [-0.1, -0.05) is 30.3 Å². The molecule has 2 rings (SSSR count). The number of nitrogens with zero attached hydrogens (tertiary/aromatic N) is 1. The molecule has 0 saturated carbocycles. The lowest BCUT2D eigenvalue weighted by molar-refractivity contribution is -0.130. The van der Waals surface area contributed by atoms with Crippen molar-refractivity contribution in [2.24, 2.45) is 0 Å². The van der Waals surface area contributed by atoms with Gasteiger partial charge in [0.1, 0.15) is 5.82 Å². The predicted molar refractivity (Wildman–Crippen MR) is 91.0 cm³/mol. The second-order valence-corrected chi connectivity index (χ2v) is 5.21. The van der Waals surface area contributed by atoms with Gasteiger partial charge >= 0.3 is 6.03 Å². The van der Waals surface area contributed by atoms with Crippen molar-refractivity contribution in [2.75, 3.05) is 18.4 Å². The highest BCUT2D eigenvalue weighted by Gasteiger charge is 2.13. The van der Waals surface area contributed by atoms with E-state index in [0.717, 1.165) is 0 Å². The van der Waals surface area contributed by atoms with E-state index in [4.69, 9.17) is 0 Å². The van der Waals surface area contributed by atoms with Crippen LogP contribution in [-0.2, 0) is 11.3 Å². The molecule has 5 nitrogen and oxygen atoms in total. The number of carbonyl (C=O) groups excluding carboxylic acids is 2. The lowest BCUT2D eigenvalue weighted by Gasteiger charge is -2.21. The van der Waals surface area contributed by atoms with Gasteiger partial charge in [-0.25, -0.2) is 9.18 Å². The van der Waals surface area contributed by atoms with Crippen molar-refractivity contribution in [2.45, 2.75) is 13.5 Å². The number of anilines is 1. The summed E-state index contributed by atoms with van der Waals surface area (Å²) in [6, 6.07) is 14.6. The minimum absolute atomic E-state index is 0.123. The molecule has 126 valence electrons. The van der Waals surface area contributed by atoms with Crippen molar-refractivity contribution < 1.29 is 14.0 Å². The molecule has 0 aliphatic carbocycles. The molecule has 0 aromatic heterocycles. The maximum absolute atomic E-state index is 13.2. The van der Waals surface area contributed by atoms with Gasteiger partial charge in [-0.05, 0) is 36.8 Å². The van der Waals surface area contributed by atoms with E-state index < -0.39 is 6.03 Å². The second-order valence-electron chi connectivity index (χ2n) is 5.21. The summed E-state index contributed by atoms with van der Waals surface area (Å²) >= 11 is 0. The van der Waals surface area contributed by atoms with Gasteiger partial charge in [0.25, 0.3) is 0 Å². The molecular weight excluding hydrogens is 309 g/mol. The highest BCUT2D eigenvalue weighted by Crippen LogP contribution is 2.08. The first kappa shape index (κ1) is 17.5. The molecule has 0 unspecified atom stereocenters. The zero-order valence-electron chi connectivity index (χ0n) is 13.5. The third-order valence-corrected chi connectivity index (χ3v) is 3.43. The number of benzene rings is 2. The monoisotopic (exact) mass is 329 g/mol. The molecule has 0 saturated heterocycles. The van der Waals surface area contributed by atoms with Crippen molar-refractivity contribution in [1.29, 1.82) is 0 Å². The summed E-state index contributed by atoms with van der Waals surface area (Å²) in [7, 11) is 0. The van der Waals surface area contributed by atoms with Gasteiger partial charge in [0.15, 0.2) is 0 Å². The third-order valence-electron chi connectivity index (χ3n) is 3.43. The van der Waals surface area contributed by atoms with E-state index in [1.54, 1.807) is 41.3 Å². The van der Waals surface area contributed by atoms with Crippen molar-refractivity contribution in [1.82, 2.24) is 10.2 Å². The number of hydrogen-bond acceptors (Lipinski definition) is 2. The predicted octanol–water partition coefficient (Wildman–Crippen LogP) is 3.00. The fourth-order valence-electron chi connectivity index (χ4n) is 2.20. The van der Waals surface area contributed by atoms with E-state index in [1.807, 2.05) is 13.0 Å². The molecule has 24 heavy (non-hydrogen) atoms. The van der Waals surface area contributed by atoms with Crippen LogP contribution < -0.4 is 10.6 Å². The number of hydrogen-bond donors (Lipinski definition) is 2. The van der Waals surface area contributed by atoms with Crippen LogP contribution in [0, 0.1) is 5.82 Å². The van der Waals surface area contributed by atoms with Gasteiger partial charge in [0.2, 0.25) is 5.91 Å². The standard InChI is InChI=1S/C18H20FN3O2/c1-2-22(13-14-7-6-8-15(19)11-14)17(23)12-20-18(24)21-16-9-4-3-5-10-16/h3-11H,2,12-13H2,1H3,(H2,20,21,24). The summed E-state index contributed by atoms with van der Waals surface area (Å²) in [5, 5.41) is 5.17. The minimum Gasteiger partial charge on any atom is -0.337 e. The summed E-state index contributed by atoms with van der Waals surface area (Å²) in [6.07, 6.45) is 0. The zero-order valence-corrected chi connectivity index (χ0v) is 13.5. The van der Waals surface area contributed by atoms with E-state index in [1.165, 1.54) is 12.1 Å². The molecule has 2 aromatic carbocycles. The topological polar surface area (TPSA) is 61.4 Å². The van der Waals surface area contributed by atoms with Gasteiger partial charge in [-0.2, -0.15) is 0 Å². The van der Waals surface area contributed by atoms with E-state index in [0.29, 0.717) is 24.3 Å². The lowest BCUT2D eigenvalue weighted by Crippen LogP contribution is -2.41. The smallest absolute Gasteiger partial charge is 0.319 e. The highest BCUT2D eigenvalue weighted by atomic mass is 19.1. The Kier molecular flexibility index (Phi) is 6.31. The summed E-state index contributed by atoms with van der Waals surface area (Å²) in [4.78, 5) is 25.6. The van der Waals surface area contributed by atoms with Crippen LogP contribution in [0.15, 0.2) is 54.6 Å². The van der Waals surface area contributed by atoms with Crippen molar-refractivity contribution in [3.8, 4) is 0 Å². The Balaban J connectivity index is 1.84. The first-order valence-corrected chi connectivity index (χ1v) is 7.70. The number of amides is 3. The number of rotatable bonds is 6. The SMILES string of the molecule is CCN(Cc1cccc(F)c1)C(=O)CNC(=O)Nc1ccccc1. The second kappa shape index (κ2) is 8.67. The number of carbonyl (C=O) groups is 2. The van der Waals surface area contributed by atoms with E-state index in [9.17, 15) is 14.0 Å². The molecule has 0 aliphatic heterocycles. The number of halogens is 1. The van der Waals surface area contributed by atoms with Crippen LogP contribution in [0.5, 0.6) is 0 Å². The van der Waals surface area contributed by atoms with Crippen molar-refractivity contribution in [3.63, 3.8) is 0 Å². The fourth-order valence-corrected chi connectivity index (χ4v) is 2.20. The quantitative estimate of drug-likeness (QED) is 0.856. The van der Waals surface area contributed by atoms with Gasteiger partial charge in [-0.15, -0.1) is 0 Å². The van der Waals surface area contributed by atoms with Gasteiger partial charge < -0.3 is 15.5 Å². The Labute approximate surface area is 140 Å². The van der Waals surface area contributed by atoms with Crippen LogP contribution in [0.4, 0.5) is 14.9 Å². The molecule has 0 bridgehead atoms. The Morgan fingerprint density at radius 2 is 1.83 bits per heavy atom. The van der Waals surface area contributed by atoms with Gasteiger partial charge in [0.05, 0.1) is 6.54 Å². The summed E-state index contributed by atoms with van der Waals surface area (Å²) < 4.78 is 13.2. The highest BCUT2D eigenvalue weighted by molar-refractivity contribution is 5.92. The van der Waals surface area contributed by atoms with E-state index >= 15 is 0 Å². The molecule has 0 heterocycles. The van der Waals surface area contributed by atoms with E-state index in [2.05, 4.69) is 10.6 Å². The van der Waals surface area contributed by atoms with Gasteiger partial charge in [-0.3, -0.25) is 4.79 Å².